The number of rotatable bonds is 24. The van der Waals surface area contributed by atoms with Crippen LogP contribution >= 0.6 is 62.6 Å². The van der Waals surface area contributed by atoms with Gasteiger partial charge in [-0.2, -0.15) is 0 Å². The van der Waals surface area contributed by atoms with Crippen molar-refractivity contribution in [2.45, 2.75) is 246 Å². The molecule has 0 aromatic carbocycles. The lowest BCUT2D eigenvalue weighted by atomic mass is 9.94. The topological polar surface area (TPSA) is 1010 Å². The predicted octanol–water partition coefficient (Wildman–Crippen LogP) is -16.5. The third kappa shape index (κ3) is 27.9. The zero-order chi connectivity index (χ0) is 89.7. The highest BCUT2D eigenvalue weighted by Crippen LogP contribution is 2.48. The molecule has 40 atom stereocenters. The molecule has 120 heavy (non-hydrogen) atoms. The van der Waals surface area contributed by atoms with Gasteiger partial charge in [0.25, 0.3) is 0 Å². The van der Waals surface area contributed by atoms with Crippen molar-refractivity contribution >= 4 is 62.6 Å². The van der Waals surface area contributed by atoms with E-state index in [1.54, 1.807) is 0 Å². The van der Waals surface area contributed by atoms with Crippen molar-refractivity contribution in [1.29, 1.82) is 0 Å². The van der Waals surface area contributed by atoms with Crippen LogP contribution in [0.1, 0.15) is 0 Å². The van der Waals surface area contributed by atoms with Gasteiger partial charge in [0.2, 0.25) is 0 Å². The molecule has 72 heteroatoms. The van der Waals surface area contributed by atoms with Gasteiger partial charge in [0.05, 0.1) is 52.9 Å². The second-order valence-electron chi connectivity index (χ2n) is 27.3. The first kappa shape index (κ1) is 103. The average molecular weight is 1940 g/mol. The molecule has 30 fully saturated rings. The molecular weight excluding hydrogens is 1850 g/mol. The number of aliphatic hydroxyl groups is 16. The molecule has 0 aromatic heterocycles. The molecule has 30 heterocycles. The molecule has 0 aliphatic carbocycles. The average Bonchev–Trinajstić information content (AvgIpc) is 0.770. The van der Waals surface area contributed by atoms with Gasteiger partial charge in [-0.1, -0.05) is 0 Å². The molecule has 16 bridgehead atoms. The maximum absolute atomic E-state index is 12.2. The third-order valence-electron chi connectivity index (χ3n) is 18.7. The number of hydrogen-bond donors (Lipinski definition) is 32. The smallest absolute Gasteiger partial charge is 0.387 e. The van der Waals surface area contributed by atoms with Gasteiger partial charge in [-0.25, -0.2) is 36.5 Å². The molecule has 40 unspecified atom stereocenters. The minimum Gasteiger partial charge on any atom is -0.387 e. The molecular formula is C48H88O64P8. The largest absolute Gasteiger partial charge is 0.469 e. The first-order chi connectivity index (χ1) is 55.1. The summed E-state index contributed by atoms with van der Waals surface area (Å²) in [5, 5.41) is 188. The summed E-state index contributed by atoms with van der Waals surface area (Å²) >= 11 is 0. The Bertz CT molecular complexity index is 3010. The predicted molar refractivity (Wildman–Crippen MR) is 348 cm³/mol. The summed E-state index contributed by atoms with van der Waals surface area (Å²) in [6.45, 7) is -12.8. The van der Waals surface area contributed by atoms with E-state index in [-0.39, 0.29) is 0 Å². The molecule has 0 aromatic rings. The summed E-state index contributed by atoms with van der Waals surface area (Å²) in [5.41, 5.74) is 0. The second kappa shape index (κ2) is 41.2. The molecule has 0 saturated carbocycles. The molecule has 0 spiro atoms. The van der Waals surface area contributed by atoms with Crippen molar-refractivity contribution in [2.75, 3.05) is 52.9 Å². The van der Waals surface area contributed by atoms with E-state index in [1.807, 2.05) is 0 Å². The van der Waals surface area contributed by atoms with Crippen LogP contribution in [0.15, 0.2) is 0 Å². The number of hydrogen-bond acceptors (Lipinski definition) is 48. The van der Waals surface area contributed by atoms with Crippen LogP contribution in [0.3, 0.4) is 0 Å². The van der Waals surface area contributed by atoms with E-state index in [0.29, 0.717) is 0 Å². The van der Waals surface area contributed by atoms with Crippen LogP contribution in [-0.4, -0.2) is 459 Å². The molecule has 0 radical (unpaired) electrons. The number of phosphoric ester groups is 8. The van der Waals surface area contributed by atoms with Crippen molar-refractivity contribution in [3.05, 3.63) is 0 Å². The standard InChI is InChI=1S/C48H88O64P8/c49-17-25(57)41-97-9(1-89-113(65,66)67)33(17)105-42-26(58)18(50)35(11(98-42)3-91-115(71,72)73)107-44-28(60)20(52)37(13(100-44)5-93-117(77,78)79)109-46-30(62)22(54)39(15(102-46)7-95-119(83,84)85)111-48-32(64)24(56)40(16(104-48)8-96-120(86,87)88)112-47-31(63)23(55)38(14(103-47)6-94-118(80,81)82)110-45-29(61)21(53)36(12(101-45)4-92-116(74,75)76)108-43-27(59)19(51)34(106-41)10(99-43)2-90-114(68,69)70/h9-64H,1-8H2,(H2,65,66,67)(H2,68,69,70)(H2,71,72,73)(H2,74,75,76)(H2,77,78,79)(H2,80,81,82)(H2,83,84,85)(H2,86,87,88). The Kier molecular flexibility index (Phi) is 35.4. The summed E-state index contributed by atoms with van der Waals surface area (Å²) in [5.74, 6) is 0. The van der Waals surface area contributed by atoms with E-state index in [2.05, 4.69) is 36.2 Å². The van der Waals surface area contributed by atoms with Gasteiger partial charge in [-0.15, -0.1) is 0 Å². The van der Waals surface area contributed by atoms with Crippen molar-refractivity contribution in [3.63, 3.8) is 0 Å². The van der Waals surface area contributed by atoms with Gasteiger partial charge >= 0.3 is 62.6 Å². The molecule has 64 nitrogen and oxygen atoms in total. The highest BCUT2D eigenvalue weighted by atomic mass is 31.2. The van der Waals surface area contributed by atoms with Gasteiger partial charge in [0.1, 0.15) is 195 Å². The lowest BCUT2D eigenvalue weighted by Gasteiger charge is -2.51. The Labute approximate surface area is 667 Å². The van der Waals surface area contributed by atoms with Crippen LogP contribution in [0, 0.1) is 0 Å². The molecule has 704 valence electrons. The van der Waals surface area contributed by atoms with Crippen molar-refractivity contribution in [2.24, 2.45) is 0 Å². The Hall–Kier alpha value is -0.400. The van der Waals surface area contributed by atoms with E-state index < -0.39 is 361 Å². The zero-order valence-electron chi connectivity index (χ0n) is 59.7. The van der Waals surface area contributed by atoms with Crippen LogP contribution in [0.4, 0.5) is 0 Å². The minimum atomic E-state index is -5.78. The lowest BCUT2D eigenvalue weighted by Crippen LogP contribution is -2.69. The summed E-state index contributed by atoms with van der Waals surface area (Å²) in [6.07, 6.45) is -106. The van der Waals surface area contributed by atoms with Crippen LogP contribution in [0.5, 0.6) is 0 Å². The van der Waals surface area contributed by atoms with E-state index in [1.165, 1.54) is 0 Å². The van der Waals surface area contributed by atoms with Gasteiger partial charge in [0, 0.05) is 0 Å². The number of ether oxygens (including phenoxy) is 16. The molecule has 30 saturated heterocycles. The third-order valence-corrected chi connectivity index (χ3v) is 22.6. The molecule has 0 amide bonds. The number of phosphoric acid groups is 8. The van der Waals surface area contributed by atoms with Crippen molar-refractivity contribution < 1.29 is 308 Å². The van der Waals surface area contributed by atoms with Crippen molar-refractivity contribution in [1.82, 2.24) is 0 Å². The van der Waals surface area contributed by atoms with Gasteiger partial charge < -0.3 is 236 Å². The molecule has 30 aliphatic rings. The summed E-state index contributed by atoms with van der Waals surface area (Å²) in [6, 6.07) is 0. The summed E-state index contributed by atoms with van der Waals surface area (Å²) < 4.78 is 224. The quantitative estimate of drug-likeness (QED) is 0.0399. The maximum Gasteiger partial charge on any atom is 0.469 e. The van der Waals surface area contributed by atoms with E-state index in [0.717, 1.165) is 0 Å². The van der Waals surface area contributed by atoms with Crippen LogP contribution in [0.25, 0.3) is 0 Å². The van der Waals surface area contributed by atoms with Gasteiger partial charge in [-0.05, 0) is 0 Å². The zero-order valence-corrected chi connectivity index (χ0v) is 66.9. The Morgan fingerprint density at radius 2 is 0.233 bits per heavy atom. The monoisotopic (exact) mass is 1940 g/mol. The first-order valence-electron chi connectivity index (χ1n) is 34.0. The van der Waals surface area contributed by atoms with E-state index >= 15 is 0 Å². The Morgan fingerprint density at radius 1 is 0.150 bits per heavy atom. The Morgan fingerprint density at radius 3 is 0.308 bits per heavy atom. The molecule has 30 aliphatic heterocycles. The van der Waals surface area contributed by atoms with Crippen LogP contribution in [-0.2, 0) is 149 Å². The number of aliphatic hydroxyl groups excluding tert-OH is 16. The fourth-order valence-corrected chi connectivity index (χ4v) is 15.9. The van der Waals surface area contributed by atoms with E-state index in [4.69, 9.17) is 75.8 Å². The molecule has 32 N–H and O–H groups in total. The van der Waals surface area contributed by atoms with E-state index in [9.17, 15) is 197 Å². The SMILES string of the molecule is O=P(O)(O)OCC1OC2OC3C(COP(=O)(O)O)OC(OC4C(COP(=O)(O)O)OC(OC5C(COP(=O)(O)O)OC(OC6C(COP(=O)(O)O)OC(OC7C(COP(=O)(O)O)OC(OC8C(COP(=O)(O)O)OC(OC9C(COP(=O)(O)O)OC(OC1C(O)C2O)C(O)C9O)C(O)C8O)C(O)C7O)C(O)C6O)C(O)C5O)C(O)C4O)C(O)C3O. The van der Waals surface area contributed by atoms with Gasteiger partial charge in [0.15, 0.2) is 50.3 Å². The normalized spacial score (nSPS) is 44.9. The fraction of sp³-hybridized carbons (Fsp3) is 1.00. The van der Waals surface area contributed by atoms with Crippen molar-refractivity contribution in [3.8, 4) is 0 Å². The van der Waals surface area contributed by atoms with Crippen LogP contribution in [0.2, 0.25) is 0 Å². The lowest BCUT2D eigenvalue weighted by molar-refractivity contribution is -0.403. The fourth-order valence-electron chi connectivity index (χ4n) is 13.2. The Balaban J connectivity index is 1.12. The highest BCUT2D eigenvalue weighted by Gasteiger charge is 2.62. The second-order valence-corrected chi connectivity index (χ2v) is 37.2. The molecule has 30 rings (SSSR count). The first-order valence-corrected chi connectivity index (χ1v) is 46.3. The summed E-state index contributed by atoms with van der Waals surface area (Å²) in [4.78, 5) is 157. The van der Waals surface area contributed by atoms with Gasteiger partial charge in [-0.3, -0.25) is 36.2 Å². The summed E-state index contributed by atoms with van der Waals surface area (Å²) in [7, 11) is -46.2. The van der Waals surface area contributed by atoms with Crippen LogP contribution < -0.4 is 0 Å². The maximum atomic E-state index is 12.2. The minimum absolute atomic E-state index is 1.59. The highest BCUT2D eigenvalue weighted by molar-refractivity contribution is 7.48.